The number of amides is 1. The standard InChI is InChI=1S/C22H29N7O/c1-2-23-21(27-13-15-28(16-14-27)22-24-10-6-11-25-22)26-17-20(30)29-12-5-8-18-7-3-4-9-19(18)29/h3-4,6-7,9-11H,2,5,8,12-17H2,1H3,(H,23,26). The maximum atomic E-state index is 12.9. The predicted octanol–water partition coefficient (Wildman–Crippen LogP) is 1.54. The van der Waals surface area contributed by atoms with Crippen LogP contribution in [0.2, 0.25) is 0 Å². The van der Waals surface area contributed by atoms with Crippen LogP contribution in [0.15, 0.2) is 47.7 Å². The molecular weight excluding hydrogens is 378 g/mol. The number of carbonyl (C=O) groups excluding carboxylic acids is 1. The number of piperazine rings is 1. The van der Waals surface area contributed by atoms with Gasteiger partial charge in [-0.2, -0.15) is 0 Å². The Hall–Kier alpha value is -3.16. The molecule has 0 bridgehead atoms. The van der Waals surface area contributed by atoms with Crippen molar-refractivity contribution >= 4 is 23.5 Å². The number of guanidine groups is 1. The quantitative estimate of drug-likeness (QED) is 0.612. The molecule has 1 aromatic carbocycles. The Balaban J connectivity index is 1.39. The van der Waals surface area contributed by atoms with Crippen molar-refractivity contribution in [3.63, 3.8) is 0 Å². The minimum Gasteiger partial charge on any atom is -0.357 e. The molecule has 158 valence electrons. The number of anilines is 2. The molecule has 0 radical (unpaired) electrons. The number of para-hydroxylation sites is 1. The van der Waals surface area contributed by atoms with Gasteiger partial charge in [0.15, 0.2) is 5.96 Å². The van der Waals surface area contributed by atoms with Crippen molar-refractivity contribution in [1.29, 1.82) is 0 Å². The lowest BCUT2D eigenvalue weighted by Gasteiger charge is -2.36. The summed E-state index contributed by atoms with van der Waals surface area (Å²) in [4.78, 5) is 32.6. The molecule has 3 heterocycles. The summed E-state index contributed by atoms with van der Waals surface area (Å²) in [6, 6.07) is 10.00. The molecule has 1 saturated heterocycles. The van der Waals surface area contributed by atoms with Crippen molar-refractivity contribution in [1.82, 2.24) is 20.2 Å². The fraction of sp³-hybridized carbons (Fsp3) is 0.455. The molecule has 2 aliphatic rings. The first-order valence-electron chi connectivity index (χ1n) is 10.7. The Morgan fingerprint density at radius 2 is 1.83 bits per heavy atom. The van der Waals surface area contributed by atoms with Gasteiger partial charge in [0, 0.05) is 57.3 Å². The number of nitrogens with one attached hydrogen (secondary N) is 1. The van der Waals surface area contributed by atoms with Crippen LogP contribution in [0.25, 0.3) is 0 Å². The van der Waals surface area contributed by atoms with E-state index in [1.54, 1.807) is 12.4 Å². The first-order valence-corrected chi connectivity index (χ1v) is 10.7. The second-order valence-corrected chi connectivity index (χ2v) is 7.47. The molecule has 1 N–H and O–H groups in total. The number of hydrogen-bond donors (Lipinski definition) is 1. The molecule has 4 rings (SSSR count). The number of nitrogens with zero attached hydrogens (tertiary/aromatic N) is 6. The summed E-state index contributed by atoms with van der Waals surface area (Å²) in [5.74, 6) is 1.61. The number of hydrogen-bond acceptors (Lipinski definition) is 5. The number of fused-ring (bicyclic) bond motifs is 1. The molecule has 8 heteroatoms. The van der Waals surface area contributed by atoms with E-state index < -0.39 is 0 Å². The van der Waals surface area contributed by atoms with Gasteiger partial charge in [0.1, 0.15) is 6.54 Å². The largest absolute Gasteiger partial charge is 0.357 e. The third kappa shape index (κ3) is 4.53. The summed E-state index contributed by atoms with van der Waals surface area (Å²) in [6.45, 7) is 6.99. The zero-order chi connectivity index (χ0) is 20.8. The van der Waals surface area contributed by atoms with E-state index >= 15 is 0 Å². The van der Waals surface area contributed by atoms with Crippen LogP contribution in [0.4, 0.5) is 11.6 Å². The van der Waals surface area contributed by atoms with Crippen LogP contribution < -0.4 is 15.1 Å². The van der Waals surface area contributed by atoms with Crippen LogP contribution >= 0.6 is 0 Å². The van der Waals surface area contributed by atoms with Gasteiger partial charge in [-0.15, -0.1) is 0 Å². The fourth-order valence-corrected chi connectivity index (χ4v) is 4.02. The fourth-order valence-electron chi connectivity index (χ4n) is 4.02. The summed E-state index contributed by atoms with van der Waals surface area (Å²) in [5, 5.41) is 3.34. The monoisotopic (exact) mass is 407 g/mol. The van der Waals surface area contributed by atoms with E-state index in [1.165, 1.54) is 5.56 Å². The molecule has 30 heavy (non-hydrogen) atoms. The van der Waals surface area contributed by atoms with Gasteiger partial charge in [0.25, 0.3) is 0 Å². The van der Waals surface area contributed by atoms with Gasteiger partial charge >= 0.3 is 0 Å². The smallest absolute Gasteiger partial charge is 0.248 e. The Labute approximate surface area is 177 Å². The molecule has 1 amide bonds. The van der Waals surface area contributed by atoms with Gasteiger partial charge < -0.3 is 20.0 Å². The lowest BCUT2D eigenvalue weighted by atomic mass is 10.0. The summed E-state index contributed by atoms with van der Waals surface area (Å²) in [7, 11) is 0. The number of benzene rings is 1. The SMILES string of the molecule is CCNC(=NCC(=O)N1CCCc2ccccc21)N1CCN(c2ncccn2)CC1. The minimum atomic E-state index is 0.0499. The molecule has 8 nitrogen and oxygen atoms in total. The first kappa shape index (κ1) is 20.1. The summed E-state index contributed by atoms with van der Waals surface area (Å²) < 4.78 is 0. The zero-order valence-corrected chi connectivity index (χ0v) is 17.5. The normalized spacial score (nSPS) is 17.0. The van der Waals surface area contributed by atoms with Crippen LogP contribution in [-0.2, 0) is 11.2 Å². The topological polar surface area (TPSA) is 77.0 Å². The van der Waals surface area contributed by atoms with Crippen LogP contribution in [0, 0.1) is 0 Å². The maximum Gasteiger partial charge on any atom is 0.248 e. The zero-order valence-electron chi connectivity index (χ0n) is 17.5. The maximum absolute atomic E-state index is 12.9. The molecule has 0 spiro atoms. The summed E-state index contributed by atoms with van der Waals surface area (Å²) in [5.41, 5.74) is 2.28. The number of aliphatic imine (C=N–C) groups is 1. The number of aryl methyl sites for hydroxylation is 1. The van der Waals surface area contributed by atoms with Gasteiger partial charge in [-0.05, 0) is 37.5 Å². The van der Waals surface area contributed by atoms with Gasteiger partial charge in [-0.25, -0.2) is 15.0 Å². The number of carbonyl (C=O) groups is 1. The Kier molecular flexibility index (Phi) is 6.41. The summed E-state index contributed by atoms with van der Waals surface area (Å²) in [6.07, 6.45) is 5.56. The lowest BCUT2D eigenvalue weighted by molar-refractivity contribution is -0.117. The van der Waals surface area contributed by atoms with Gasteiger partial charge in [0.05, 0.1) is 0 Å². The Morgan fingerprint density at radius 1 is 1.07 bits per heavy atom. The van der Waals surface area contributed by atoms with Crippen molar-refractivity contribution in [3.8, 4) is 0 Å². The van der Waals surface area contributed by atoms with Crippen molar-refractivity contribution in [2.45, 2.75) is 19.8 Å². The highest BCUT2D eigenvalue weighted by molar-refractivity contribution is 5.97. The molecule has 0 atom stereocenters. The average molecular weight is 408 g/mol. The number of aromatic nitrogens is 2. The average Bonchev–Trinajstić information content (AvgIpc) is 2.82. The molecule has 0 aliphatic carbocycles. The second kappa shape index (κ2) is 9.56. The van der Waals surface area contributed by atoms with Gasteiger partial charge in [-0.3, -0.25) is 4.79 Å². The molecule has 2 aliphatic heterocycles. The molecule has 1 fully saturated rings. The predicted molar refractivity (Wildman–Crippen MR) is 119 cm³/mol. The Bertz CT molecular complexity index is 878. The molecule has 0 saturated carbocycles. The lowest BCUT2D eigenvalue weighted by Crippen LogP contribution is -2.53. The summed E-state index contributed by atoms with van der Waals surface area (Å²) >= 11 is 0. The highest BCUT2D eigenvalue weighted by Crippen LogP contribution is 2.26. The van der Waals surface area contributed by atoms with Crippen LogP contribution in [0.5, 0.6) is 0 Å². The minimum absolute atomic E-state index is 0.0499. The molecule has 0 unspecified atom stereocenters. The van der Waals surface area contributed by atoms with E-state index in [9.17, 15) is 4.79 Å². The molecule has 2 aromatic rings. The van der Waals surface area contributed by atoms with E-state index in [1.807, 2.05) is 36.1 Å². The van der Waals surface area contributed by atoms with Gasteiger partial charge in [0.2, 0.25) is 11.9 Å². The van der Waals surface area contributed by atoms with Crippen molar-refractivity contribution in [2.75, 3.05) is 55.6 Å². The van der Waals surface area contributed by atoms with Gasteiger partial charge in [-0.1, -0.05) is 18.2 Å². The highest BCUT2D eigenvalue weighted by atomic mass is 16.2. The van der Waals surface area contributed by atoms with E-state index in [4.69, 9.17) is 0 Å². The second-order valence-electron chi connectivity index (χ2n) is 7.47. The third-order valence-electron chi connectivity index (χ3n) is 5.52. The van der Waals surface area contributed by atoms with Crippen molar-refractivity contribution in [3.05, 3.63) is 48.3 Å². The van der Waals surface area contributed by atoms with E-state index in [0.717, 1.165) is 69.7 Å². The van der Waals surface area contributed by atoms with Crippen LogP contribution in [0.3, 0.4) is 0 Å². The van der Waals surface area contributed by atoms with Crippen LogP contribution in [-0.4, -0.2) is 72.5 Å². The van der Waals surface area contributed by atoms with E-state index in [-0.39, 0.29) is 12.5 Å². The van der Waals surface area contributed by atoms with E-state index in [2.05, 4.69) is 36.1 Å². The van der Waals surface area contributed by atoms with Crippen molar-refractivity contribution in [2.24, 2.45) is 4.99 Å². The molecule has 1 aromatic heterocycles. The Morgan fingerprint density at radius 3 is 2.60 bits per heavy atom. The third-order valence-corrected chi connectivity index (χ3v) is 5.52. The highest BCUT2D eigenvalue weighted by Gasteiger charge is 2.24. The first-order chi connectivity index (χ1) is 14.8. The van der Waals surface area contributed by atoms with Crippen molar-refractivity contribution < 1.29 is 4.79 Å². The molecular formula is C22H29N7O. The van der Waals surface area contributed by atoms with Crippen LogP contribution in [0.1, 0.15) is 18.9 Å². The van der Waals surface area contributed by atoms with E-state index in [0.29, 0.717) is 0 Å². The number of rotatable bonds is 4.